The maximum atomic E-state index is 12.7. The Morgan fingerprint density at radius 3 is 2.44 bits per heavy atom. The molecule has 1 fully saturated rings. The number of rotatable bonds is 7. The number of methoxy groups -OCH3 is 2. The average molecular weight is 371 g/mol. The van der Waals surface area contributed by atoms with E-state index >= 15 is 0 Å². The maximum Gasteiger partial charge on any atom is 0.223 e. The fraction of sp³-hybridized carbons (Fsp3) is 0.632. The van der Waals surface area contributed by atoms with E-state index in [9.17, 15) is 4.79 Å². The summed E-state index contributed by atoms with van der Waals surface area (Å²) in [6, 6.07) is 5.68. The lowest BCUT2D eigenvalue weighted by atomic mass is 9.71. The Labute approximate surface area is 157 Å². The van der Waals surface area contributed by atoms with Gasteiger partial charge in [0, 0.05) is 31.6 Å². The van der Waals surface area contributed by atoms with Crippen molar-refractivity contribution in [3.05, 3.63) is 23.8 Å². The number of ether oxygens (including phenoxy) is 2. The van der Waals surface area contributed by atoms with E-state index < -0.39 is 0 Å². The molecule has 0 aromatic heterocycles. The number of carbonyl (C=O) groups is 1. The molecule has 1 aliphatic rings. The van der Waals surface area contributed by atoms with Crippen LogP contribution in [0.5, 0.6) is 11.5 Å². The Bertz CT molecular complexity index is 560. The molecule has 6 heteroatoms. The first kappa shape index (κ1) is 21.6. The quantitative estimate of drug-likeness (QED) is 0.799. The molecule has 1 aromatic carbocycles. The zero-order valence-electron chi connectivity index (χ0n) is 15.5. The monoisotopic (exact) mass is 370 g/mol. The number of hydrogen-bond acceptors (Lipinski definition) is 4. The average Bonchev–Trinajstić information content (AvgIpc) is 2.62. The third-order valence-corrected chi connectivity index (χ3v) is 5.20. The summed E-state index contributed by atoms with van der Waals surface area (Å²) >= 11 is 0. The predicted molar refractivity (Wildman–Crippen MR) is 102 cm³/mol. The summed E-state index contributed by atoms with van der Waals surface area (Å²) in [5, 5.41) is 0. The molecule has 0 heterocycles. The van der Waals surface area contributed by atoms with Crippen LogP contribution in [0.4, 0.5) is 0 Å². The van der Waals surface area contributed by atoms with E-state index in [0.717, 1.165) is 29.9 Å². The Morgan fingerprint density at radius 1 is 1.20 bits per heavy atom. The first-order valence-electron chi connectivity index (χ1n) is 8.68. The molecule has 25 heavy (non-hydrogen) atoms. The van der Waals surface area contributed by atoms with Crippen LogP contribution in [0.2, 0.25) is 0 Å². The molecule has 1 amide bonds. The molecule has 1 aliphatic carbocycles. The number of carbonyl (C=O) groups excluding carboxylic acids is 1. The highest BCUT2D eigenvalue weighted by atomic mass is 35.5. The number of halogens is 1. The topological polar surface area (TPSA) is 64.8 Å². The van der Waals surface area contributed by atoms with Crippen LogP contribution >= 0.6 is 12.4 Å². The summed E-state index contributed by atoms with van der Waals surface area (Å²) in [6.07, 6.45) is 6.29. The van der Waals surface area contributed by atoms with Gasteiger partial charge in [0.05, 0.1) is 14.2 Å². The number of nitrogens with two attached hydrogens (primary N) is 1. The molecule has 2 rings (SSSR count). The fourth-order valence-corrected chi connectivity index (χ4v) is 3.54. The second-order valence-electron chi connectivity index (χ2n) is 6.87. The van der Waals surface area contributed by atoms with Crippen molar-refractivity contribution in [3.8, 4) is 11.5 Å². The van der Waals surface area contributed by atoms with E-state index in [1.807, 2.05) is 25.2 Å². The maximum absolute atomic E-state index is 12.7. The molecule has 0 aliphatic heterocycles. The second-order valence-corrected chi connectivity index (χ2v) is 6.87. The fourth-order valence-electron chi connectivity index (χ4n) is 3.54. The van der Waals surface area contributed by atoms with Crippen LogP contribution in [-0.4, -0.2) is 38.6 Å². The van der Waals surface area contributed by atoms with E-state index in [4.69, 9.17) is 15.2 Å². The van der Waals surface area contributed by atoms with Gasteiger partial charge in [-0.1, -0.05) is 19.3 Å². The van der Waals surface area contributed by atoms with E-state index in [1.165, 1.54) is 19.3 Å². The highest BCUT2D eigenvalue weighted by Gasteiger charge is 2.33. The van der Waals surface area contributed by atoms with Gasteiger partial charge in [0.1, 0.15) is 11.5 Å². The molecule has 0 saturated heterocycles. The summed E-state index contributed by atoms with van der Waals surface area (Å²) in [7, 11) is 5.10. The lowest BCUT2D eigenvalue weighted by molar-refractivity contribution is -0.133. The largest absolute Gasteiger partial charge is 0.497 e. The third kappa shape index (κ3) is 5.51. The number of hydrogen-bond donors (Lipinski definition) is 1. The van der Waals surface area contributed by atoms with Gasteiger partial charge in [0.15, 0.2) is 0 Å². The second kappa shape index (κ2) is 9.88. The number of amides is 1. The molecule has 1 aromatic rings. The highest BCUT2D eigenvalue weighted by Crippen LogP contribution is 2.39. The summed E-state index contributed by atoms with van der Waals surface area (Å²) < 4.78 is 10.6. The van der Waals surface area contributed by atoms with E-state index in [0.29, 0.717) is 19.5 Å². The first-order valence-corrected chi connectivity index (χ1v) is 8.68. The van der Waals surface area contributed by atoms with Crippen molar-refractivity contribution in [2.75, 3.05) is 27.8 Å². The SMILES string of the molecule is COc1ccc(CN(C)C(=O)CC2(CN)CCCCC2)c(OC)c1.Cl. The molecule has 0 radical (unpaired) electrons. The van der Waals surface area contributed by atoms with Crippen LogP contribution in [0.25, 0.3) is 0 Å². The standard InChI is InChI=1S/C19H30N2O3.ClH/c1-21(13-15-7-8-16(23-2)11-17(15)24-3)18(22)12-19(14-20)9-5-4-6-10-19;/h7-8,11H,4-6,9-10,12-14,20H2,1-3H3;1H. The molecular formula is C19H31ClN2O3. The summed E-state index contributed by atoms with van der Waals surface area (Å²) in [5.74, 6) is 1.63. The molecule has 1 saturated carbocycles. The van der Waals surface area contributed by atoms with Crippen LogP contribution in [0.3, 0.4) is 0 Å². The van der Waals surface area contributed by atoms with Crippen molar-refractivity contribution in [2.24, 2.45) is 11.1 Å². The first-order chi connectivity index (χ1) is 11.5. The van der Waals surface area contributed by atoms with Crippen LogP contribution in [-0.2, 0) is 11.3 Å². The molecular weight excluding hydrogens is 340 g/mol. The van der Waals surface area contributed by atoms with Crippen molar-refractivity contribution >= 4 is 18.3 Å². The van der Waals surface area contributed by atoms with Crippen LogP contribution in [0, 0.1) is 5.41 Å². The zero-order valence-corrected chi connectivity index (χ0v) is 16.4. The van der Waals surface area contributed by atoms with E-state index in [2.05, 4.69) is 0 Å². The molecule has 2 N–H and O–H groups in total. The normalized spacial score (nSPS) is 15.8. The molecule has 0 bridgehead atoms. The van der Waals surface area contributed by atoms with E-state index in [1.54, 1.807) is 19.1 Å². The minimum atomic E-state index is -0.00636. The smallest absolute Gasteiger partial charge is 0.223 e. The minimum absolute atomic E-state index is 0. The van der Waals surface area contributed by atoms with Crippen LogP contribution in [0.15, 0.2) is 18.2 Å². The van der Waals surface area contributed by atoms with Gasteiger partial charge in [-0.2, -0.15) is 0 Å². The summed E-state index contributed by atoms with van der Waals surface area (Å²) in [5.41, 5.74) is 6.98. The number of benzene rings is 1. The molecule has 0 unspecified atom stereocenters. The lowest BCUT2D eigenvalue weighted by Crippen LogP contribution is -2.39. The zero-order chi connectivity index (χ0) is 17.6. The van der Waals surface area contributed by atoms with Crippen molar-refractivity contribution in [2.45, 2.75) is 45.1 Å². The van der Waals surface area contributed by atoms with Crippen molar-refractivity contribution in [1.82, 2.24) is 4.90 Å². The van der Waals surface area contributed by atoms with Gasteiger partial charge in [0.25, 0.3) is 0 Å². The predicted octanol–water partition coefficient (Wildman–Crippen LogP) is 3.38. The van der Waals surface area contributed by atoms with Crippen LogP contribution in [0.1, 0.15) is 44.1 Å². The van der Waals surface area contributed by atoms with Crippen molar-refractivity contribution in [3.63, 3.8) is 0 Å². The third-order valence-electron chi connectivity index (χ3n) is 5.20. The summed E-state index contributed by atoms with van der Waals surface area (Å²) in [4.78, 5) is 14.5. The Balaban J connectivity index is 0.00000312. The molecule has 142 valence electrons. The van der Waals surface area contributed by atoms with Crippen LogP contribution < -0.4 is 15.2 Å². The van der Waals surface area contributed by atoms with Gasteiger partial charge in [-0.25, -0.2) is 0 Å². The Hall–Kier alpha value is -1.46. The van der Waals surface area contributed by atoms with Crippen molar-refractivity contribution in [1.29, 1.82) is 0 Å². The molecule has 0 atom stereocenters. The lowest BCUT2D eigenvalue weighted by Gasteiger charge is -2.36. The Kier molecular flexibility index (Phi) is 8.53. The van der Waals surface area contributed by atoms with Gasteiger partial charge < -0.3 is 20.1 Å². The minimum Gasteiger partial charge on any atom is -0.497 e. The molecule has 0 spiro atoms. The van der Waals surface area contributed by atoms with Gasteiger partial charge in [-0.3, -0.25) is 4.79 Å². The number of nitrogens with zero attached hydrogens (tertiary/aromatic N) is 1. The summed E-state index contributed by atoms with van der Waals surface area (Å²) in [6.45, 7) is 1.12. The van der Waals surface area contributed by atoms with Crippen molar-refractivity contribution < 1.29 is 14.3 Å². The highest BCUT2D eigenvalue weighted by molar-refractivity contribution is 5.85. The van der Waals surface area contributed by atoms with Gasteiger partial charge in [0.2, 0.25) is 5.91 Å². The molecule has 5 nitrogen and oxygen atoms in total. The van der Waals surface area contributed by atoms with Gasteiger partial charge >= 0.3 is 0 Å². The van der Waals surface area contributed by atoms with E-state index in [-0.39, 0.29) is 23.7 Å². The Morgan fingerprint density at radius 2 is 1.88 bits per heavy atom. The van der Waals surface area contributed by atoms with Gasteiger partial charge in [-0.05, 0) is 36.9 Å². The van der Waals surface area contributed by atoms with Gasteiger partial charge in [-0.15, -0.1) is 12.4 Å².